The third kappa shape index (κ3) is 11.1. The van der Waals surface area contributed by atoms with Gasteiger partial charge >= 0.3 is 0 Å². The minimum atomic E-state index is 0.391. The molecule has 0 amide bonds. The van der Waals surface area contributed by atoms with Gasteiger partial charge in [0.1, 0.15) is 0 Å². The normalized spacial score (nSPS) is 13.3. The van der Waals surface area contributed by atoms with E-state index < -0.39 is 0 Å². The standard InChI is InChI=1S/C24H44S/c1-5-6-7-8-9-10-11-12-13-14-15-16-17-19-22(24(2,3)4)23-20-18-21-25-23/h18,20-22H,5-17,19H2,1-4H3. The van der Waals surface area contributed by atoms with E-state index in [0.717, 1.165) is 5.92 Å². The summed E-state index contributed by atoms with van der Waals surface area (Å²) >= 11 is 1.94. The van der Waals surface area contributed by atoms with E-state index in [4.69, 9.17) is 0 Å². The number of unbranched alkanes of at least 4 members (excludes halogenated alkanes) is 12. The lowest BCUT2D eigenvalue weighted by molar-refractivity contribution is 0.301. The van der Waals surface area contributed by atoms with Crippen molar-refractivity contribution in [2.75, 3.05) is 0 Å². The van der Waals surface area contributed by atoms with Crippen LogP contribution in [0.5, 0.6) is 0 Å². The molecule has 1 rings (SSSR count). The summed E-state index contributed by atoms with van der Waals surface area (Å²) in [5, 5.41) is 2.23. The van der Waals surface area contributed by atoms with Crippen molar-refractivity contribution in [3.05, 3.63) is 22.4 Å². The van der Waals surface area contributed by atoms with Crippen LogP contribution in [0.3, 0.4) is 0 Å². The van der Waals surface area contributed by atoms with Crippen LogP contribution in [0.4, 0.5) is 0 Å². The number of thiophene rings is 1. The van der Waals surface area contributed by atoms with Crippen LogP contribution in [0.2, 0.25) is 0 Å². The van der Waals surface area contributed by atoms with Gasteiger partial charge in [-0.1, -0.05) is 117 Å². The first-order valence-electron chi connectivity index (χ1n) is 11.1. The third-order valence-electron chi connectivity index (χ3n) is 5.53. The van der Waals surface area contributed by atoms with Gasteiger partial charge in [0.25, 0.3) is 0 Å². The zero-order chi connectivity index (χ0) is 18.4. The molecule has 0 radical (unpaired) electrons. The lowest BCUT2D eigenvalue weighted by Gasteiger charge is -2.30. The number of hydrogen-bond donors (Lipinski definition) is 0. The van der Waals surface area contributed by atoms with Gasteiger partial charge in [0.2, 0.25) is 0 Å². The van der Waals surface area contributed by atoms with Crippen molar-refractivity contribution in [2.24, 2.45) is 5.41 Å². The molecule has 0 fully saturated rings. The molecule has 0 aromatic carbocycles. The quantitative estimate of drug-likeness (QED) is 0.272. The topological polar surface area (TPSA) is 0 Å². The van der Waals surface area contributed by atoms with Gasteiger partial charge < -0.3 is 0 Å². The van der Waals surface area contributed by atoms with E-state index in [1.165, 1.54) is 89.9 Å². The molecular weight excluding hydrogens is 320 g/mol. The maximum atomic E-state index is 2.40. The Morgan fingerprint density at radius 3 is 1.64 bits per heavy atom. The van der Waals surface area contributed by atoms with Gasteiger partial charge in [-0.2, -0.15) is 0 Å². The van der Waals surface area contributed by atoms with Crippen molar-refractivity contribution in [3.8, 4) is 0 Å². The summed E-state index contributed by atoms with van der Waals surface area (Å²) < 4.78 is 0. The van der Waals surface area contributed by atoms with Gasteiger partial charge in [-0.25, -0.2) is 0 Å². The molecule has 0 bridgehead atoms. The van der Waals surface area contributed by atoms with E-state index in [1.807, 2.05) is 11.3 Å². The van der Waals surface area contributed by atoms with Crippen molar-refractivity contribution in [2.45, 2.75) is 124 Å². The molecule has 1 unspecified atom stereocenters. The molecule has 1 aromatic rings. The van der Waals surface area contributed by atoms with Crippen LogP contribution in [-0.2, 0) is 0 Å². The first-order valence-corrected chi connectivity index (χ1v) is 12.0. The Labute approximate surface area is 162 Å². The summed E-state index contributed by atoms with van der Waals surface area (Å²) in [6, 6.07) is 4.55. The fourth-order valence-electron chi connectivity index (χ4n) is 3.86. The summed E-state index contributed by atoms with van der Waals surface area (Å²) in [6.45, 7) is 9.50. The van der Waals surface area contributed by atoms with Crippen molar-refractivity contribution >= 4 is 11.3 Å². The first-order chi connectivity index (χ1) is 12.1. The van der Waals surface area contributed by atoms with Crippen molar-refractivity contribution < 1.29 is 0 Å². The molecule has 0 saturated heterocycles. The van der Waals surface area contributed by atoms with E-state index >= 15 is 0 Å². The third-order valence-corrected chi connectivity index (χ3v) is 6.51. The van der Waals surface area contributed by atoms with Crippen LogP contribution in [0.25, 0.3) is 0 Å². The maximum Gasteiger partial charge on any atom is 0.00814 e. The van der Waals surface area contributed by atoms with E-state index in [9.17, 15) is 0 Å². The van der Waals surface area contributed by atoms with Gasteiger partial charge in [0, 0.05) is 4.88 Å². The zero-order valence-corrected chi connectivity index (χ0v) is 18.4. The average molecular weight is 365 g/mol. The van der Waals surface area contributed by atoms with E-state index in [1.54, 1.807) is 4.88 Å². The molecule has 0 aliphatic carbocycles. The smallest absolute Gasteiger partial charge is 0.00814 e. The highest BCUT2D eigenvalue weighted by atomic mass is 32.1. The van der Waals surface area contributed by atoms with E-state index in [0.29, 0.717) is 5.41 Å². The second kappa shape index (κ2) is 13.8. The molecule has 0 aliphatic rings. The highest BCUT2D eigenvalue weighted by Gasteiger charge is 2.26. The minimum Gasteiger partial charge on any atom is -0.149 e. The predicted molar refractivity (Wildman–Crippen MR) is 117 cm³/mol. The SMILES string of the molecule is CCCCCCCCCCCCCCCC(c1cccs1)C(C)(C)C. The Hall–Kier alpha value is -0.300. The molecule has 0 saturated carbocycles. The lowest BCUT2D eigenvalue weighted by atomic mass is 9.77. The summed E-state index contributed by atoms with van der Waals surface area (Å²) in [5.74, 6) is 0.736. The van der Waals surface area contributed by atoms with Crippen molar-refractivity contribution in [3.63, 3.8) is 0 Å². The molecule has 1 aromatic heterocycles. The van der Waals surface area contributed by atoms with Crippen LogP contribution in [0, 0.1) is 5.41 Å². The highest BCUT2D eigenvalue weighted by molar-refractivity contribution is 7.10. The fraction of sp³-hybridized carbons (Fsp3) is 0.833. The second-order valence-electron chi connectivity index (χ2n) is 8.97. The zero-order valence-electron chi connectivity index (χ0n) is 17.6. The molecule has 1 atom stereocenters. The van der Waals surface area contributed by atoms with Crippen molar-refractivity contribution in [1.29, 1.82) is 0 Å². The Morgan fingerprint density at radius 2 is 1.24 bits per heavy atom. The summed E-state index contributed by atoms with van der Waals surface area (Å²) in [4.78, 5) is 1.59. The molecule has 0 N–H and O–H groups in total. The van der Waals surface area contributed by atoms with Crippen molar-refractivity contribution in [1.82, 2.24) is 0 Å². The van der Waals surface area contributed by atoms with Gasteiger partial charge in [0.05, 0.1) is 0 Å². The molecule has 25 heavy (non-hydrogen) atoms. The Bertz CT molecular complexity index is 385. The summed E-state index contributed by atoms with van der Waals surface area (Å²) in [7, 11) is 0. The first kappa shape index (κ1) is 22.7. The highest BCUT2D eigenvalue weighted by Crippen LogP contribution is 2.40. The van der Waals surface area contributed by atoms with Gasteiger partial charge in [0.15, 0.2) is 0 Å². The van der Waals surface area contributed by atoms with Crippen LogP contribution < -0.4 is 0 Å². The summed E-state index contributed by atoms with van der Waals surface area (Å²) in [6.07, 6.45) is 20.1. The Morgan fingerprint density at radius 1 is 0.760 bits per heavy atom. The largest absolute Gasteiger partial charge is 0.149 e. The van der Waals surface area contributed by atoms with Gasteiger partial charge in [-0.15, -0.1) is 11.3 Å². The minimum absolute atomic E-state index is 0.391. The van der Waals surface area contributed by atoms with Gasteiger partial charge in [-0.3, -0.25) is 0 Å². The molecular formula is C24H44S. The molecule has 0 nitrogen and oxygen atoms in total. The molecule has 0 spiro atoms. The molecule has 0 aliphatic heterocycles. The van der Waals surface area contributed by atoms with Gasteiger partial charge in [-0.05, 0) is 29.2 Å². The van der Waals surface area contributed by atoms with E-state index in [-0.39, 0.29) is 0 Å². The van der Waals surface area contributed by atoms with Crippen LogP contribution >= 0.6 is 11.3 Å². The second-order valence-corrected chi connectivity index (χ2v) is 9.94. The average Bonchev–Trinajstić information content (AvgIpc) is 3.08. The predicted octanol–water partition coefficient (Wildman–Crippen LogP) is 9.36. The monoisotopic (exact) mass is 364 g/mol. The van der Waals surface area contributed by atoms with Crippen LogP contribution in [0.1, 0.15) is 128 Å². The fourth-order valence-corrected chi connectivity index (χ4v) is 4.96. The van der Waals surface area contributed by atoms with E-state index in [2.05, 4.69) is 45.2 Å². The molecule has 146 valence electrons. The number of rotatable bonds is 15. The molecule has 1 heteroatoms. The molecule has 1 heterocycles. The van der Waals surface area contributed by atoms with Crippen LogP contribution in [0.15, 0.2) is 17.5 Å². The summed E-state index contributed by atoms with van der Waals surface area (Å²) in [5.41, 5.74) is 0.391. The Kier molecular flexibility index (Phi) is 12.6. The Balaban J connectivity index is 1.97. The lowest BCUT2D eigenvalue weighted by Crippen LogP contribution is -2.17. The maximum absolute atomic E-state index is 2.40. The number of hydrogen-bond acceptors (Lipinski definition) is 1. The van der Waals surface area contributed by atoms with Crippen LogP contribution in [-0.4, -0.2) is 0 Å².